The molecule has 8 nitrogen and oxygen atoms in total. The summed E-state index contributed by atoms with van der Waals surface area (Å²) in [6, 6.07) is 5.39. The largest absolute Gasteiger partial charge is 0.380 e. The topological polar surface area (TPSA) is 110 Å². The molecule has 0 bridgehead atoms. The van der Waals surface area contributed by atoms with Crippen molar-refractivity contribution >= 4 is 23.3 Å². The second-order valence-corrected chi connectivity index (χ2v) is 9.45. The molecule has 1 aliphatic heterocycles. The number of nitrogens with two attached hydrogens (primary N) is 1. The van der Waals surface area contributed by atoms with Crippen LogP contribution in [-0.4, -0.2) is 51.4 Å². The molecule has 2 heterocycles. The Morgan fingerprint density at radius 1 is 1.26 bits per heavy atom. The molecule has 31 heavy (non-hydrogen) atoms. The molecule has 2 amide bonds. The van der Waals surface area contributed by atoms with E-state index in [4.69, 9.17) is 5.73 Å². The molecule has 0 saturated carbocycles. The van der Waals surface area contributed by atoms with E-state index in [1.807, 2.05) is 17.7 Å². The number of likely N-dealkylation sites (tertiary alicyclic amines) is 1. The molecule has 1 saturated heterocycles. The van der Waals surface area contributed by atoms with Crippen molar-refractivity contribution in [2.45, 2.75) is 53.0 Å². The number of nitrogens with zero attached hydrogens (tertiary/aromatic N) is 3. The lowest BCUT2D eigenvalue weighted by Gasteiger charge is -2.29. The van der Waals surface area contributed by atoms with Crippen LogP contribution in [0.2, 0.25) is 0 Å². The molecule has 164 valence electrons. The third-order valence-corrected chi connectivity index (χ3v) is 6.23. The Labute approximate surface area is 181 Å². The van der Waals surface area contributed by atoms with E-state index in [1.165, 1.54) is 0 Å². The van der Waals surface area contributed by atoms with Gasteiger partial charge in [-0.25, -0.2) is 4.68 Å². The molecule has 1 atom stereocenters. The maximum Gasteiger partial charge on any atom is 0.250 e. The highest BCUT2D eigenvalue weighted by molar-refractivity contribution is 6.00. The van der Waals surface area contributed by atoms with Crippen LogP contribution in [-0.2, 0) is 11.2 Å². The van der Waals surface area contributed by atoms with Crippen LogP contribution in [0.4, 0.5) is 5.69 Å². The summed E-state index contributed by atoms with van der Waals surface area (Å²) in [6.07, 6.45) is 2.04. The lowest BCUT2D eigenvalue weighted by Crippen LogP contribution is -2.30. The van der Waals surface area contributed by atoms with E-state index < -0.39 is 5.91 Å². The van der Waals surface area contributed by atoms with Gasteiger partial charge in [0.15, 0.2) is 5.78 Å². The first-order chi connectivity index (χ1) is 14.6. The van der Waals surface area contributed by atoms with Gasteiger partial charge in [0.1, 0.15) is 0 Å². The van der Waals surface area contributed by atoms with E-state index >= 15 is 0 Å². The van der Waals surface area contributed by atoms with Gasteiger partial charge in [0.25, 0.3) is 5.91 Å². The fourth-order valence-electron chi connectivity index (χ4n) is 4.74. The lowest BCUT2D eigenvalue weighted by molar-refractivity contribution is -0.127. The van der Waals surface area contributed by atoms with E-state index in [2.05, 4.69) is 24.3 Å². The molecule has 1 fully saturated rings. The number of ketones is 1. The Bertz CT molecular complexity index is 1090. The van der Waals surface area contributed by atoms with Crippen molar-refractivity contribution in [2.75, 3.05) is 18.4 Å². The number of Topliss-reactive ketones (excluding diaryl/α,β-unsaturated/α-hetero) is 1. The van der Waals surface area contributed by atoms with Gasteiger partial charge in [-0.2, -0.15) is 5.10 Å². The van der Waals surface area contributed by atoms with Crippen LogP contribution in [0.15, 0.2) is 18.2 Å². The molecular formula is C23H29N5O3. The monoisotopic (exact) mass is 423 g/mol. The number of carbonyl (C=O) groups is 3. The maximum atomic E-state index is 12.7. The van der Waals surface area contributed by atoms with Crippen LogP contribution in [0.3, 0.4) is 0 Å². The molecule has 1 aliphatic carbocycles. The van der Waals surface area contributed by atoms with Crippen molar-refractivity contribution in [3.05, 3.63) is 40.7 Å². The van der Waals surface area contributed by atoms with Gasteiger partial charge in [0.2, 0.25) is 5.91 Å². The summed E-state index contributed by atoms with van der Waals surface area (Å²) in [5.74, 6) is -0.359. The quantitative estimate of drug-likeness (QED) is 0.785. The van der Waals surface area contributed by atoms with Gasteiger partial charge in [-0.15, -0.1) is 0 Å². The zero-order valence-corrected chi connectivity index (χ0v) is 18.5. The number of amides is 2. The highest BCUT2D eigenvalue weighted by Crippen LogP contribution is 2.37. The maximum absolute atomic E-state index is 12.7. The minimum atomic E-state index is -0.523. The van der Waals surface area contributed by atoms with Gasteiger partial charge in [-0.1, -0.05) is 13.8 Å². The van der Waals surface area contributed by atoms with Crippen LogP contribution < -0.4 is 11.1 Å². The Morgan fingerprint density at radius 2 is 2.00 bits per heavy atom. The van der Waals surface area contributed by atoms with Crippen molar-refractivity contribution < 1.29 is 14.4 Å². The molecule has 3 N–H and O–H groups in total. The molecule has 2 aromatic rings. The number of benzene rings is 1. The normalized spacial score (nSPS) is 19.9. The smallest absolute Gasteiger partial charge is 0.250 e. The Hall–Kier alpha value is -3.16. The Kier molecular flexibility index (Phi) is 5.11. The summed E-state index contributed by atoms with van der Waals surface area (Å²) in [7, 11) is 0. The minimum Gasteiger partial charge on any atom is -0.380 e. The predicted octanol–water partition coefficient (Wildman–Crippen LogP) is 2.47. The number of hydrogen-bond acceptors (Lipinski definition) is 5. The number of aromatic nitrogens is 2. The fraction of sp³-hybridized carbons (Fsp3) is 0.478. The third-order valence-electron chi connectivity index (χ3n) is 6.23. The minimum absolute atomic E-state index is 0.0334. The van der Waals surface area contributed by atoms with Gasteiger partial charge in [0.05, 0.1) is 28.2 Å². The van der Waals surface area contributed by atoms with E-state index in [1.54, 1.807) is 24.0 Å². The highest BCUT2D eigenvalue weighted by atomic mass is 16.2. The molecule has 0 spiro atoms. The van der Waals surface area contributed by atoms with Gasteiger partial charge in [-0.05, 0) is 43.4 Å². The molecule has 2 aliphatic rings. The van der Waals surface area contributed by atoms with E-state index in [0.29, 0.717) is 36.3 Å². The van der Waals surface area contributed by atoms with Gasteiger partial charge in [-0.3, -0.25) is 14.4 Å². The van der Waals surface area contributed by atoms with Crippen LogP contribution in [0.25, 0.3) is 5.69 Å². The predicted molar refractivity (Wildman–Crippen MR) is 118 cm³/mol. The summed E-state index contributed by atoms with van der Waals surface area (Å²) in [6.45, 7) is 8.86. The molecule has 1 aromatic heterocycles. The number of nitrogens with one attached hydrogen (secondary N) is 1. The summed E-state index contributed by atoms with van der Waals surface area (Å²) in [4.78, 5) is 38.2. The summed E-state index contributed by atoms with van der Waals surface area (Å²) in [5, 5.41) is 8.06. The fourth-order valence-corrected chi connectivity index (χ4v) is 4.74. The number of rotatable bonds is 4. The second-order valence-electron chi connectivity index (χ2n) is 9.45. The number of aryl methyl sites for hydroxylation is 1. The molecule has 4 rings (SSSR count). The lowest BCUT2D eigenvalue weighted by atomic mass is 9.75. The van der Waals surface area contributed by atoms with Crippen molar-refractivity contribution in [2.24, 2.45) is 11.1 Å². The van der Waals surface area contributed by atoms with Crippen LogP contribution in [0.5, 0.6) is 0 Å². The van der Waals surface area contributed by atoms with Gasteiger partial charge in [0, 0.05) is 38.2 Å². The Balaban J connectivity index is 1.72. The molecule has 8 heteroatoms. The van der Waals surface area contributed by atoms with Crippen molar-refractivity contribution in [3.63, 3.8) is 0 Å². The Morgan fingerprint density at radius 3 is 2.65 bits per heavy atom. The zero-order valence-electron chi connectivity index (χ0n) is 18.5. The number of anilines is 1. The van der Waals surface area contributed by atoms with Crippen LogP contribution in [0.1, 0.15) is 65.7 Å². The third kappa shape index (κ3) is 3.94. The number of primary amides is 1. The number of hydrogen-bond donors (Lipinski definition) is 2. The first kappa shape index (κ1) is 21.1. The molecule has 1 unspecified atom stereocenters. The van der Waals surface area contributed by atoms with Crippen molar-refractivity contribution in [1.29, 1.82) is 0 Å². The van der Waals surface area contributed by atoms with Crippen LogP contribution in [0, 0.1) is 12.3 Å². The summed E-state index contributed by atoms with van der Waals surface area (Å²) < 4.78 is 1.82. The summed E-state index contributed by atoms with van der Waals surface area (Å²) >= 11 is 0. The van der Waals surface area contributed by atoms with Crippen molar-refractivity contribution in [3.8, 4) is 5.69 Å². The second kappa shape index (κ2) is 7.51. The molecule has 0 radical (unpaired) electrons. The SMILES string of the molecule is CC(=O)N1CCC(Nc2cc(-n3nc(C)c4c3CC(C)(C)CC4=O)ccc2C(N)=O)C1. The van der Waals surface area contributed by atoms with E-state index in [-0.39, 0.29) is 23.1 Å². The number of carbonyl (C=O) groups excluding carboxylic acids is 3. The van der Waals surface area contributed by atoms with E-state index in [9.17, 15) is 14.4 Å². The average molecular weight is 424 g/mol. The summed E-state index contributed by atoms with van der Waals surface area (Å²) in [5.41, 5.74) is 9.58. The van der Waals surface area contributed by atoms with Crippen LogP contribution >= 0.6 is 0 Å². The van der Waals surface area contributed by atoms with Crippen molar-refractivity contribution in [1.82, 2.24) is 14.7 Å². The zero-order chi connectivity index (χ0) is 22.5. The van der Waals surface area contributed by atoms with Gasteiger partial charge >= 0.3 is 0 Å². The van der Waals surface area contributed by atoms with E-state index in [0.717, 1.165) is 29.9 Å². The average Bonchev–Trinajstić information content (AvgIpc) is 3.25. The van der Waals surface area contributed by atoms with Gasteiger partial charge < -0.3 is 16.0 Å². The standard InChI is InChI=1S/C23H29N5O3/c1-13-21-19(10-23(3,4)11-20(21)30)28(26-13)16-5-6-17(22(24)31)18(9-16)25-15-7-8-27(12-15)14(2)29/h5-6,9,15,25H,7-8,10-12H2,1-4H3,(H2,24,31). The number of fused-ring (bicyclic) bond motifs is 1. The molecule has 1 aromatic carbocycles. The first-order valence-electron chi connectivity index (χ1n) is 10.6. The first-order valence-corrected chi connectivity index (χ1v) is 10.6. The highest BCUT2D eigenvalue weighted by Gasteiger charge is 2.36. The molecular weight excluding hydrogens is 394 g/mol.